The van der Waals surface area contributed by atoms with Gasteiger partial charge in [0.25, 0.3) is 0 Å². The quantitative estimate of drug-likeness (QED) is 0.154. The maximum absolute atomic E-state index is 10.6. The molecule has 16 heteroatoms. The summed E-state index contributed by atoms with van der Waals surface area (Å²) in [6.45, 7) is -2.34. The summed E-state index contributed by atoms with van der Waals surface area (Å²) in [5, 5.41) is 110. The minimum Gasteiger partial charge on any atom is -0.394 e. The van der Waals surface area contributed by atoms with E-state index in [9.17, 15) is 56.2 Å². The van der Waals surface area contributed by atoms with Gasteiger partial charge in [0.05, 0.1) is 19.8 Å². The van der Waals surface area contributed by atoms with Crippen LogP contribution < -0.4 is 0 Å². The Morgan fingerprint density at radius 1 is 0.441 bits per heavy atom. The standard InChI is InChI=1S/C18H32O16/c19-1-4-7(22)10(25)12(27)17(31-4)34-15-11(26)8(23)5(2-20)32-18(15)33-14-9(24)6(3-21)30-16(29)13(14)28/h4-29H,1-3H2/t4-,5-,6-,7-,8-,9-,10+,11+,12+,13-,14+,15+,16+,17-,18-/m1/s1. The Morgan fingerprint density at radius 2 is 0.912 bits per heavy atom. The monoisotopic (exact) mass is 504 g/mol. The van der Waals surface area contributed by atoms with E-state index in [1.165, 1.54) is 0 Å². The number of aliphatic hydroxyl groups is 11. The van der Waals surface area contributed by atoms with E-state index in [1.54, 1.807) is 0 Å². The Kier molecular flexibility index (Phi) is 9.54. The first-order valence-electron chi connectivity index (χ1n) is 10.6. The van der Waals surface area contributed by atoms with E-state index < -0.39 is 112 Å². The van der Waals surface area contributed by atoms with Gasteiger partial charge in [-0.3, -0.25) is 0 Å². The zero-order valence-electron chi connectivity index (χ0n) is 17.7. The van der Waals surface area contributed by atoms with Crippen LogP contribution in [-0.2, 0) is 23.7 Å². The highest BCUT2D eigenvalue weighted by atomic mass is 16.8. The number of hydrogen-bond acceptors (Lipinski definition) is 16. The van der Waals surface area contributed by atoms with Crippen molar-refractivity contribution in [1.29, 1.82) is 0 Å². The number of rotatable bonds is 7. The van der Waals surface area contributed by atoms with Gasteiger partial charge in [0.1, 0.15) is 73.2 Å². The Morgan fingerprint density at radius 3 is 1.47 bits per heavy atom. The van der Waals surface area contributed by atoms with Crippen LogP contribution >= 0.6 is 0 Å². The van der Waals surface area contributed by atoms with Crippen molar-refractivity contribution in [1.82, 2.24) is 0 Å². The lowest BCUT2D eigenvalue weighted by Gasteiger charge is -2.48. The first-order chi connectivity index (χ1) is 16.0. The van der Waals surface area contributed by atoms with Gasteiger partial charge in [0.15, 0.2) is 18.9 Å². The van der Waals surface area contributed by atoms with Crippen molar-refractivity contribution in [3.8, 4) is 0 Å². The second-order valence-corrected chi connectivity index (χ2v) is 8.33. The molecule has 0 saturated carbocycles. The molecule has 3 aliphatic rings. The molecule has 200 valence electrons. The highest BCUT2D eigenvalue weighted by Crippen LogP contribution is 2.32. The summed E-state index contributed by atoms with van der Waals surface area (Å²) >= 11 is 0. The maximum Gasteiger partial charge on any atom is 0.187 e. The van der Waals surface area contributed by atoms with Crippen LogP contribution in [0.2, 0.25) is 0 Å². The summed E-state index contributed by atoms with van der Waals surface area (Å²) in [5.74, 6) is 0. The molecule has 0 bridgehead atoms. The molecule has 0 spiro atoms. The predicted molar refractivity (Wildman–Crippen MR) is 101 cm³/mol. The van der Waals surface area contributed by atoms with Crippen molar-refractivity contribution in [3.05, 3.63) is 0 Å². The molecule has 0 aliphatic carbocycles. The molecule has 11 N–H and O–H groups in total. The Balaban J connectivity index is 1.84. The van der Waals surface area contributed by atoms with Crippen molar-refractivity contribution in [2.75, 3.05) is 19.8 Å². The van der Waals surface area contributed by atoms with E-state index in [0.717, 1.165) is 0 Å². The van der Waals surface area contributed by atoms with Crippen molar-refractivity contribution in [2.24, 2.45) is 0 Å². The Labute approximate surface area is 192 Å². The van der Waals surface area contributed by atoms with Crippen LogP contribution in [0, 0.1) is 0 Å². The molecule has 0 amide bonds. The van der Waals surface area contributed by atoms with E-state index in [2.05, 4.69) is 0 Å². The van der Waals surface area contributed by atoms with Crippen LogP contribution in [0.5, 0.6) is 0 Å². The zero-order valence-corrected chi connectivity index (χ0v) is 17.7. The molecule has 3 saturated heterocycles. The SMILES string of the molecule is OC[C@H]1O[C@H](O[C@@H]2[C@@H](O[C@@H]3[C@@H](O)[C@@H](O)O[C@H](CO)[C@H]3O)O[C@H](CO)[C@@H](O)[C@@H]2O)[C@@H](O)[C@@H](O)[C@@H]1O. The molecule has 3 heterocycles. The topological polar surface area (TPSA) is 269 Å². The molecule has 34 heavy (non-hydrogen) atoms. The summed E-state index contributed by atoms with van der Waals surface area (Å²) in [5.41, 5.74) is 0. The summed E-state index contributed by atoms with van der Waals surface area (Å²) in [6.07, 6.45) is -25.7. The molecule has 3 fully saturated rings. The Hall–Kier alpha value is -0.640. The van der Waals surface area contributed by atoms with Gasteiger partial charge in [-0.15, -0.1) is 0 Å². The minimum absolute atomic E-state index is 0.762. The summed E-state index contributed by atoms with van der Waals surface area (Å²) < 4.78 is 26.5. The molecule has 0 aromatic carbocycles. The molecule has 3 aliphatic heterocycles. The molecule has 0 aromatic rings. The molecular formula is C18H32O16. The van der Waals surface area contributed by atoms with Gasteiger partial charge in [-0.1, -0.05) is 0 Å². The van der Waals surface area contributed by atoms with Gasteiger partial charge in [0, 0.05) is 0 Å². The van der Waals surface area contributed by atoms with Gasteiger partial charge in [-0.25, -0.2) is 0 Å². The van der Waals surface area contributed by atoms with Crippen molar-refractivity contribution < 1.29 is 79.9 Å². The fourth-order valence-electron chi connectivity index (χ4n) is 4.03. The van der Waals surface area contributed by atoms with Crippen LogP contribution in [0.15, 0.2) is 0 Å². The fourth-order valence-corrected chi connectivity index (χ4v) is 4.03. The zero-order chi connectivity index (χ0) is 25.3. The van der Waals surface area contributed by atoms with E-state index in [0.29, 0.717) is 0 Å². The van der Waals surface area contributed by atoms with Crippen LogP contribution in [0.4, 0.5) is 0 Å². The molecule has 3 rings (SSSR count). The minimum atomic E-state index is -1.89. The van der Waals surface area contributed by atoms with Crippen LogP contribution in [0.3, 0.4) is 0 Å². The summed E-state index contributed by atoms with van der Waals surface area (Å²) in [4.78, 5) is 0. The first-order valence-corrected chi connectivity index (χ1v) is 10.6. The average molecular weight is 504 g/mol. The predicted octanol–water partition coefficient (Wildman–Crippen LogP) is -7.57. The number of hydrogen-bond donors (Lipinski definition) is 11. The molecule has 0 radical (unpaired) electrons. The van der Waals surface area contributed by atoms with Gasteiger partial charge in [-0.05, 0) is 0 Å². The lowest BCUT2D eigenvalue weighted by atomic mass is 9.96. The molecular weight excluding hydrogens is 472 g/mol. The lowest BCUT2D eigenvalue weighted by Crippen LogP contribution is -2.67. The van der Waals surface area contributed by atoms with Crippen molar-refractivity contribution in [3.63, 3.8) is 0 Å². The van der Waals surface area contributed by atoms with E-state index in [-0.39, 0.29) is 0 Å². The highest BCUT2D eigenvalue weighted by Gasteiger charge is 2.53. The number of aliphatic hydroxyl groups excluding tert-OH is 11. The second kappa shape index (κ2) is 11.6. The molecule has 15 atom stereocenters. The lowest BCUT2D eigenvalue weighted by molar-refractivity contribution is -0.387. The molecule has 16 nitrogen and oxygen atoms in total. The van der Waals surface area contributed by atoms with Crippen LogP contribution in [0.25, 0.3) is 0 Å². The third kappa shape index (κ3) is 5.37. The normalized spacial score (nSPS) is 52.5. The van der Waals surface area contributed by atoms with Crippen molar-refractivity contribution in [2.45, 2.75) is 92.1 Å². The number of ether oxygens (including phenoxy) is 5. The van der Waals surface area contributed by atoms with Gasteiger partial charge in [0.2, 0.25) is 0 Å². The average Bonchev–Trinajstić information content (AvgIpc) is 2.83. The van der Waals surface area contributed by atoms with Crippen LogP contribution in [-0.4, -0.2) is 168 Å². The fraction of sp³-hybridized carbons (Fsp3) is 1.00. The largest absolute Gasteiger partial charge is 0.394 e. The smallest absolute Gasteiger partial charge is 0.187 e. The summed E-state index contributed by atoms with van der Waals surface area (Å²) in [7, 11) is 0. The maximum atomic E-state index is 10.6. The van der Waals surface area contributed by atoms with E-state index >= 15 is 0 Å². The van der Waals surface area contributed by atoms with E-state index in [1.807, 2.05) is 0 Å². The highest BCUT2D eigenvalue weighted by molar-refractivity contribution is 4.96. The van der Waals surface area contributed by atoms with Crippen LogP contribution in [0.1, 0.15) is 0 Å². The van der Waals surface area contributed by atoms with E-state index in [4.69, 9.17) is 23.7 Å². The molecule has 0 aromatic heterocycles. The van der Waals surface area contributed by atoms with Crippen molar-refractivity contribution >= 4 is 0 Å². The third-order valence-electron chi connectivity index (χ3n) is 6.10. The molecule has 0 unspecified atom stereocenters. The van der Waals surface area contributed by atoms with Gasteiger partial charge >= 0.3 is 0 Å². The van der Waals surface area contributed by atoms with Gasteiger partial charge in [-0.2, -0.15) is 0 Å². The van der Waals surface area contributed by atoms with Gasteiger partial charge < -0.3 is 79.9 Å². The summed E-state index contributed by atoms with van der Waals surface area (Å²) in [6, 6.07) is 0. The third-order valence-corrected chi connectivity index (χ3v) is 6.10. The first kappa shape index (κ1) is 27.9. The second-order valence-electron chi connectivity index (χ2n) is 8.33. The Bertz CT molecular complexity index is 639.